The molecule has 3 aromatic rings. The molecule has 4 heteroatoms. The molecular weight excluding hydrogens is 446 g/mol. The van der Waals surface area contributed by atoms with Crippen molar-refractivity contribution in [2.75, 3.05) is 6.61 Å². The van der Waals surface area contributed by atoms with Crippen LogP contribution in [-0.4, -0.2) is 23.3 Å². The predicted octanol–water partition coefficient (Wildman–Crippen LogP) is 7.47. The fourth-order valence-electron chi connectivity index (χ4n) is 6.02. The molecule has 1 atom stereocenters. The second kappa shape index (κ2) is 10.2. The molecule has 1 unspecified atom stereocenters. The molecule has 0 N–H and O–H groups in total. The van der Waals surface area contributed by atoms with Crippen LogP contribution >= 0.6 is 0 Å². The number of esters is 1. The van der Waals surface area contributed by atoms with E-state index in [-0.39, 0.29) is 17.8 Å². The van der Waals surface area contributed by atoms with Gasteiger partial charge < -0.3 is 4.74 Å². The first-order valence-corrected chi connectivity index (χ1v) is 13.5. The summed E-state index contributed by atoms with van der Waals surface area (Å²) in [6.07, 6.45) is 9.07. The Balaban J connectivity index is 1.35. The van der Waals surface area contributed by atoms with Gasteiger partial charge in [-0.2, -0.15) is 0 Å². The van der Waals surface area contributed by atoms with E-state index >= 15 is 0 Å². The van der Waals surface area contributed by atoms with Crippen molar-refractivity contribution in [1.82, 2.24) is 4.98 Å². The zero-order valence-electron chi connectivity index (χ0n) is 21.8. The highest BCUT2D eigenvalue weighted by atomic mass is 16.5. The SMILES string of the molecule is CC(C)(C)C1CCc2nc3ccccc3c(C(=O)OCC(=O)c3ccc(C4CCCCC4)cc3)c2C1. The number of para-hydroxylation sites is 1. The summed E-state index contributed by atoms with van der Waals surface area (Å²) in [6, 6.07) is 15.7. The number of hydrogen-bond donors (Lipinski definition) is 0. The largest absolute Gasteiger partial charge is 0.454 e. The number of carbonyl (C=O) groups excluding carboxylic acids is 2. The minimum Gasteiger partial charge on any atom is -0.454 e. The fraction of sp³-hybridized carbons (Fsp3) is 0.469. The van der Waals surface area contributed by atoms with Crippen molar-refractivity contribution in [1.29, 1.82) is 0 Å². The van der Waals surface area contributed by atoms with Crippen molar-refractivity contribution in [2.24, 2.45) is 11.3 Å². The smallest absolute Gasteiger partial charge is 0.339 e. The number of hydrogen-bond acceptors (Lipinski definition) is 4. The van der Waals surface area contributed by atoms with Crippen LogP contribution in [0.5, 0.6) is 0 Å². The van der Waals surface area contributed by atoms with Crippen molar-refractivity contribution >= 4 is 22.7 Å². The van der Waals surface area contributed by atoms with Gasteiger partial charge in [-0.05, 0) is 66.5 Å². The van der Waals surface area contributed by atoms with Crippen LogP contribution in [0.15, 0.2) is 48.5 Å². The number of ketones is 1. The summed E-state index contributed by atoms with van der Waals surface area (Å²) in [4.78, 5) is 31.3. The van der Waals surface area contributed by atoms with E-state index in [1.807, 2.05) is 36.4 Å². The van der Waals surface area contributed by atoms with Crippen molar-refractivity contribution < 1.29 is 14.3 Å². The summed E-state index contributed by atoms with van der Waals surface area (Å²) in [5, 5.41) is 0.806. The summed E-state index contributed by atoms with van der Waals surface area (Å²) >= 11 is 0. The molecule has 188 valence electrons. The minimum atomic E-state index is -0.424. The lowest BCUT2D eigenvalue weighted by Gasteiger charge is -2.35. The number of pyridine rings is 1. The molecule has 0 aliphatic heterocycles. The van der Waals surface area contributed by atoms with E-state index in [4.69, 9.17) is 9.72 Å². The summed E-state index contributed by atoms with van der Waals surface area (Å²) in [5.41, 5.74) is 5.43. The lowest BCUT2D eigenvalue weighted by molar-refractivity contribution is 0.0474. The number of carbonyl (C=O) groups is 2. The number of fused-ring (bicyclic) bond motifs is 2. The first-order chi connectivity index (χ1) is 17.3. The molecule has 1 heterocycles. The van der Waals surface area contributed by atoms with Crippen molar-refractivity contribution in [2.45, 2.75) is 78.1 Å². The highest BCUT2D eigenvalue weighted by Gasteiger charge is 2.33. The molecular formula is C32H37NO3. The average Bonchev–Trinajstić information content (AvgIpc) is 2.90. The Kier molecular flexibility index (Phi) is 6.96. The van der Waals surface area contributed by atoms with Crippen LogP contribution in [0.4, 0.5) is 0 Å². The van der Waals surface area contributed by atoms with Crippen LogP contribution in [-0.2, 0) is 17.6 Å². The molecule has 36 heavy (non-hydrogen) atoms. The van der Waals surface area contributed by atoms with Gasteiger partial charge >= 0.3 is 5.97 Å². The summed E-state index contributed by atoms with van der Waals surface area (Å²) in [5.74, 6) is 0.470. The standard InChI is InChI=1S/C32H37NO3/c1-32(2,3)24-17-18-28-26(19-24)30(25-11-7-8-12-27(25)33-28)31(35)36-20-29(34)23-15-13-22(14-16-23)21-9-5-4-6-10-21/h7-8,11-16,21,24H,4-6,9-10,17-20H2,1-3H3. The molecule has 0 spiro atoms. The Bertz CT molecular complexity index is 1260. The van der Waals surface area contributed by atoms with Gasteiger partial charge in [0.05, 0.1) is 11.1 Å². The van der Waals surface area contributed by atoms with Gasteiger partial charge in [-0.15, -0.1) is 0 Å². The van der Waals surface area contributed by atoms with Crippen LogP contribution in [0.25, 0.3) is 10.9 Å². The molecule has 1 saturated carbocycles. The molecule has 0 amide bonds. The fourth-order valence-corrected chi connectivity index (χ4v) is 6.02. The van der Waals surface area contributed by atoms with Crippen LogP contribution in [0.3, 0.4) is 0 Å². The molecule has 1 fully saturated rings. The highest BCUT2D eigenvalue weighted by molar-refractivity contribution is 6.06. The molecule has 2 aliphatic rings. The van der Waals surface area contributed by atoms with Crippen molar-refractivity contribution in [3.8, 4) is 0 Å². The van der Waals surface area contributed by atoms with Gasteiger partial charge in [-0.1, -0.05) is 82.5 Å². The van der Waals surface area contributed by atoms with Gasteiger partial charge in [0, 0.05) is 16.6 Å². The number of aromatic nitrogens is 1. The third-order valence-electron chi connectivity index (χ3n) is 8.33. The second-order valence-electron chi connectivity index (χ2n) is 11.7. The van der Waals surface area contributed by atoms with Crippen molar-refractivity contribution in [3.05, 3.63) is 76.5 Å². The monoisotopic (exact) mass is 483 g/mol. The molecule has 5 rings (SSSR count). The highest BCUT2D eigenvalue weighted by Crippen LogP contribution is 2.39. The van der Waals surface area contributed by atoms with Gasteiger partial charge in [0.1, 0.15) is 0 Å². The van der Waals surface area contributed by atoms with Crippen LogP contribution in [0.2, 0.25) is 0 Å². The van der Waals surface area contributed by atoms with Crippen molar-refractivity contribution in [3.63, 3.8) is 0 Å². The number of benzene rings is 2. The molecule has 0 saturated heterocycles. The van der Waals surface area contributed by atoms with E-state index in [2.05, 4.69) is 32.9 Å². The summed E-state index contributed by atoms with van der Waals surface area (Å²) < 4.78 is 5.67. The summed E-state index contributed by atoms with van der Waals surface area (Å²) in [6.45, 7) is 6.52. The first kappa shape index (κ1) is 24.7. The molecule has 0 bridgehead atoms. The Morgan fingerprint density at radius 3 is 2.39 bits per heavy atom. The van der Waals surface area contributed by atoms with Gasteiger partial charge in [0.2, 0.25) is 0 Å². The van der Waals surface area contributed by atoms with Gasteiger partial charge in [0.15, 0.2) is 12.4 Å². The molecule has 1 aromatic heterocycles. The molecule has 0 radical (unpaired) electrons. The van der Waals surface area contributed by atoms with E-state index in [0.717, 1.165) is 41.4 Å². The third-order valence-corrected chi connectivity index (χ3v) is 8.33. The number of Topliss-reactive ketones (excluding diaryl/α,β-unsaturated/α-hetero) is 1. The first-order valence-electron chi connectivity index (χ1n) is 13.5. The maximum Gasteiger partial charge on any atom is 0.339 e. The summed E-state index contributed by atoms with van der Waals surface area (Å²) in [7, 11) is 0. The maximum absolute atomic E-state index is 13.5. The number of rotatable bonds is 5. The number of aryl methyl sites for hydroxylation is 1. The molecule has 2 aliphatic carbocycles. The van der Waals surface area contributed by atoms with Crippen LogP contribution < -0.4 is 0 Å². The number of nitrogens with zero attached hydrogens (tertiary/aromatic N) is 1. The van der Waals surface area contributed by atoms with E-state index in [1.165, 1.54) is 37.7 Å². The van der Waals surface area contributed by atoms with Crippen LogP contribution in [0.1, 0.15) is 103 Å². The lowest BCUT2D eigenvalue weighted by atomic mass is 9.70. The second-order valence-corrected chi connectivity index (χ2v) is 11.7. The minimum absolute atomic E-state index is 0.143. The normalized spacial score (nSPS) is 18.6. The Labute approximate surface area is 214 Å². The predicted molar refractivity (Wildman–Crippen MR) is 144 cm³/mol. The van der Waals surface area contributed by atoms with Gasteiger partial charge in [0.25, 0.3) is 0 Å². The van der Waals surface area contributed by atoms with E-state index in [9.17, 15) is 9.59 Å². The Morgan fingerprint density at radius 2 is 1.67 bits per heavy atom. The van der Waals surface area contributed by atoms with E-state index in [1.54, 1.807) is 0 Å². The van der Waals surface area contributed by atoms with Gasteiger partial charge in [-0.3, -0.25) is 9.78 Å². The van der Waals surface area contributed by atoms with E-state index in [0.29, 0.717) is 23.0 Å². The quantitative estimate of drug-likeness (QED) is 0.279. The Morgan fingerprint density at radius 1 is 0.944 bits per heavy atom. The topological polar surface area (TPSA) is 56.3 Å². The number of ether oxygens (including phenoxy) is 1. The third kappa shape index (κ3) is 5.09. The maximum atomic E-state index is 13.5. The van der Waals surface area contributed by atoms with Crippen LogP contribution in [0, 0.1) is 11.3 Å². The van der Waals surface area contributed by atoms with E-state index < -0.39 is 5.97 Å². The van der Waals surface area contributed by atoms with Gasteiger partial charge in [-0.25, -0.2) is 4.79 Å². The molecule has 4 nitrogen and oxygen atoms in total. The zero-order chi connectivity index (χ0) is 25.3. The Hall–Kier alpha value is -3.01. The zero-order valence-corrected chi connectivity index (χ0v) is 21.8. The average molecular weight is 484 g/mol. The molecule has 2 aromatic carbocycles. The lowest BCUT2D eigenvalue weighted by Crippen LogP contribution is -2.29.